The molecule has 0 saturated carbocycles. The summed E-state index contributed by atoms with van der Waals surface area (Å²) < 4.78 is 19.1. The van der Waals surface area contributed by atoms with Crippen LogP contribution >= 0.6 is 15.9 Å². The van der Waals surface area contributed by atoms with E-state index in [1.165, 1.54) is 13.2 Å². The molecule has 0 spiro atoms. The number of methoxy groups -OCH3 is 1. The summed E-state index contributed by atoms with van der Waals surface area (Å²) in [6, 6.07) is 4.42. The number of halogens is 2. The number of aliphatic hydroxyl groups is 1. The molecular formula is C10H13BrFNO2. The standard InChI is InChI=1S/C10H13BrFNO2/c1-15-6-10(13,5-14)8-4-7(11)2-3-9(8)12/h2-4,14H,5-6,13H2,1H3. The average Bonchev–Trinajstić information content (AvgIpc) is 2.22. The van der Waals surface area contributed by atoms with Crippen LogP contribution in [0.3, 0.4) is 0 Å². The van der Waals surface area contributed by atoms with Gasteiger partial charge in [0.1, 0.15) is 5.82 Å². The first-order valence-corrected chi connectivity index (χ1v) is 5.17. The zero-order valence-electron chi connectivity index (χ0n) is 8.34. The highest BCUT2D eigenvalue weighted by Crippen LogP contribution is 2.25. The van der Waals surface area contributed by atoms with Crippen molar-refractivity contribution in [3.05, 3.63) is 34.1 Å². The van der Waals surface area contributed by atoms with Crippen molar-refractivity contribution >= 4 is 15.9 Å². The van der Waals surface area contributed by atoms with Crippen LogP contribution in [0, 0.1) is 5.82 Å². The van der Waals surface area contributed by atoms with Crippen LogP contribution in [0.25, 0.3) is 0 Å². The molecular weight excluding hydrogens is 265 g/mol. The van der Waals surface area contributed by atoms with Gasteiger partial charge in [-0.15, -0.1) is 0 Å². The van der Waals surface area contributed by atoms with E-state index in [9.17, 15) is 9.50 Å². The summed E-state index contributed by atoms with van der Waals surface area (Å²) in [6.07, 6.45) is 0. The first-order chi connectivity index (χ1) is 7.03. The minimum atomic E-state index is -1.21. The van der Waals surface area contributed by atoms with Gasteiger partial charge in [-0.05, 0) is 18.2 Å². The maximum Gasteiger partial charge on any atom is 0.128 e. The SMILES string of the molecule is COCC(N)(CO)c1cc(Br)ccc1F. The van der Waals surface area contributed by atoms with Gasteiger partial charge in [-0.1, -0.05) is 15.9 Å². The Morgan fingerprint density at radius 2 is 2.27 bits per heavy atom. The van der Waals surface area contributed by atoms with Gasteiger partial charge in [-0.2, -0.15) is 0 Å². The summed E-state index contributed by atoms with van der Waals surface area (Å²) in [5, 5.41) is 9.20. The van der Waals surface area contributed by atoms with E-state index in [1.54, 1.807) is 12.1 Å². The van der Waals surface area contributed by atoms with E-state index in [0.29, 0.717) is 4.47 Å². The maximum absolute atomic E-state index is 13.5. The summed E-state index contributed by atoms with van der Waals surface area (Å²) in [7, 11) is 1.45. The van der Waals surface area contributed by atoms with Gasteiger partial charge in [0.05, 0.1) is 18.8 Å². The minimum Gasteiger partial charge on any atom is -0.394 e. The second-order valence-corrected chi connectivity index (χ2v) is 4.29. The summed E-state index contributed by atoms with van der Waals surface area (Å²) in [5.74, 6) is -0.452. The molecule has 0 saturated heterocycles. The van der Waals surface area contributed by atoms with Crippen molar-refractivity contribution in [1.82, 2.24) is 0 Å². The highest BCUT2D eigenvalue weighted by Gasteiger charge is 2.29. The number of rotatable bonds is 4. The van der Waals surface area contributed by atoms with Crippen molar-refractivity contribution in [3.63, 3.8) is 0 Å². The molecule has 5 heteroatoms. The molecule has 3 nitrogen and oxygen atoms in total. The largest absolute Gasteiger partial charge is 0.394 e. The number of hydrogen-bond donors (Lipinski definition) is 2. The Balaban J connectivity index is 3.16. The molecule has 0 radical (unpaired) electrons. The van der Waals surface area contributed by atoms with Crippen molar-refractivity contribution in [2.45, 2.75) is 5.54 Å². The van der Waals surface area contributed by atoms with Gasteiger partial charge < -0.3 is 15.6 Å². The van der Waals surface area contributed by atoms with Crippen molar-refractivity contribution in [1.29, 1.82) is 0 Å². The second-order valence-electron chi connectivity index (χ2n) is 3.37. The third kappa shape index (κ3) is 2.75. The van der Waals surface area contributed by atoms with E-state index in [2.05, 4.69) is 15.9 Å². The average molecular weight is 278 g/mol. The van der Waals surface area contributed by atoms with Crippen LogP contribution < -0.4 is 5.73 Å². The van der Waals surface area contributed by atoms with Crippen LogP contribution in [0.4, 0.5) is 4.39 Å². The molecule has 1 unspecified atom stereocenters. The van der Waals surface area contributed by atoms with E-state index in [-0.39, 0.29) is 18.8 Å². The molecule has 3 N–H and O–H groups in total. The maximum atomic E-state index is 13.5. The molecule has 0 amide bonds. The lowest BCUT2D eigenvalue weighted by atomic mass is 9.92. The van der Waals surface area contributed by atoms with Crippen molar-refractivity contribution in [2.24, 2.45) is 5.73 Å². The lowest BCUT2D eigenvalue weighted by Crippen LogP contribution is -2.45. The number of aliphatic hydroxyl groups excluding tert-OH is 1. The van der Waals surface area contributed by atoms with Crippen molar-refractivity contribution < 1.29 is 14.2 Å². The van der Waals surface area contributed by atoms with Crippen LogP contribution in [-0.4, -0.2) is 25.4 Å². The fraction of sp³-hybridized carbons (Fsp3) is 0.400. The van der Waals surface area contributed by atoms with Gasteiger partial charge in [0.2, 0.25) is 0 Å². The fourth-order valence-corrected chi connectivity index (χ4v) is 1.71. The lowest BCUT2D eigenvalue weighted by Gasteiger charge is -2.27. The molecule has 1 rings (SSSR count). The van der Waals surface area contributed by atoms with E-state index >= 15 is 0 Å². The summed E-state index contributed by atoms with van der Waals surface area (Å²) in [4.78, 5) is 0. The van der Waals surface area contributed by atoms with Gasteiger partial charge >= 0.3 is 0 Å². The predicted octanol–water partition coefficient (Wildman–Crippen LogP) is 1.38. The van der Waals surface area contributed by atoms with Gasteiger partial charge in [0.25, 0.3) is 0 Å². The van der Waals surface area contributed by atoms with Gasteiger partial charge in [-0.3, -0.25) is 0 Å². The Morgan fingerprint density at radius 1 is 1.60 bits per heavy atom. The molecule has 0 fully saturated rings. The normalized spacial score (nSPS) is 15.0. The van der Waals surface area contributed by atoms with Gasteiger partial charge in [-0.25, -0.2) is 4.39 Å². The predicted molar refractivity (Wildman–Crippen MR) is 58.9 cm³/mol. The molecule has 0 aromatic heterocycles. The number of nitrogens with two attached hydrogens (primary N) is 1. The van der Waals surface area contributed by atoms with Crippen molar-refractivity contribution in [3.8, 4) is 0 Å². The molecule has 0 heterocycles. The van der Waals surface area contributed by atoms with Crippen LogP contribution in [-0.2, 0) is 10.3 Å². The number of hydrogen-bond acceptors (Lipinski definition) is 3. The zero-order chi connectivity index (χ0) is 11.5. The monoisotopic (exact) mass is 277 g/mol. The van der Waals surface area contributed by atoms with Crippen molar-refractivity contribution in [2.75, 3.05) is 20.3 Å². The van der Waals surface area contributed by atoms with E-state index in [1.807, 2.05) is 0 Å². The third-order valence-corrected chi connectivity index (χ3v) is 2.64. The number of ether oxygens (including phenoxy) is 1. The van der Waals surface area contributed by atoms with Gasteiger partial charge in [0, 0.05) is 17.1 Å². The molecule has 1 aromatic rings. The Hall–Kier alpha value is -0.490. The molecule has 84 valence electrons. The molecule has 1 aromatic carbocycles. The van der Waals surface area contributed by atoms with E-state index in [0.717, 1.165) is 0 Å². The van der Waals surface area contributed by atoms with Crippen LogP contribution in [0.1, 0.15) is 5.56 Å². The van der Waals surface area contributed by atoms with Gasteiger partial charge in [0.15, 0.2) is 0 Å². The first-order valence-electron chi connectivity index (χ1n) is 4.37. The molecule has 15 heavy (non-hydrogen) atoms. The second kappa shape index (κ2) is 5.03. The Bertz CT molecular complexity index is 348. The lowest BCUT2D eigenvalue weighted by molar-refractivity contribution is 0.0835. The Kier molecular flexibility index (Phi) is 4.21. The summed E-state index contributed by atoms with van der Waals surface area (Å²) in [6.45, 7) is -0.328. The molecule has 0 aliphatic carbocycles. The third-order valence-electron chi connectivity index (χ3n) is 2.15. The van der Waals surface area contributed by atoms with E-state index < -0.39 is 11.4 Å². The van der Waals surface area contributed by atoms with Crippen LogP contribution in [0.5, 0.6) is 0 Å². The summed E-state index contributed by atoms with van der Waals surface area (Å²) in [5.41, 5.74) is 4.89. The van der Waals surface area contributed by atoms with Crippen LogP contribution in [0.2, 0.25) is 0 Å². The number of benzene rings is 1. The highest BCUT2D eigenvalue weighted by molar-refractivity contribution is 9.10. The van der Waals surface area contributed by atoms with E-state index in [4.69, 9.17) is 10.5 Å². The molecule has 0 bridgehead atoms. The zero-order valence-corrected chi connectivity index (χ0v) is 9.92. The fourth-order valence-electron chi connectivity index (χ4n) is 1.35. The summed E-state index contributed by atoms with van der Waals surface area (Å²) >= 11 is 3.22. The Morgan fingerprint density at radius 3 is 2.80 bits per heavy atom. The Labute approximate surface area is 96.2 Å². The molecule has 1 atom stereocenters. The first kappa shape index (κ1) is 12.6. The molecule has 0 aliphatic rings. The highest BCUT2D eigenvalue weighted by atomic mass is 79.9. The quantitative estimate of drug-likeness (QED) is 0.874. The topological polar surface area (TPSA) is 55.5 Å². The minimum absolute atomic E-state index is 0.0525. The smallest absolute Gasteiger partial charge is 0.128 e. The molecule has 0 aliphatic heterocycles. The van der Waals surface area contributed by atoms with Crippen LogP contribution in [0.15, 0.2) is 22.7 Å².